The van der Waals surface area contributed by atoms with Crippen LogP contribution in [0.3, 0.4) is 0 Å². The van der Waals surface area contributed by atoms with Gasteiger partial charge in [0, 0.05) is 5.75 Å². The Bertz CT molecular complexity index is 364. The second-order valence-corrected chi connectivity index (χ2v) is 10.2. The molecule has 0 aromatic carbocycles. The number of sulfone groups is 1. The van der Waals surface area contributed by atoms with E-state index in [0.29, 0.717) is 17.6 Å². The van der Waals surface area contributed by atoms with Crippen molar-refractivity contribution in [1.29, 1.82) is 0 Å². The van der Waals surface area contributed by atoms with Gasteiger partial charge in [0.05, 0.1) is 24.2 Å². The van der Waals surface area contributed by atoms with Crippen molar-refractivity contribution in [2.24, 2.45) is 0 Å². The molecule has 1 rings (SSSR count). The molecule has 0 aromatic heterocycles. The molecule has 1 unspecified atom stereocenters. The van der Waals surface area contributed by atoms with Gasteiger partial charge in [0.15, 0.2) is 0 Å². The van der Waals surface area contributed by atoms with Gasteiger partial charge < -0.3 is 4.74 Å². The van der Waals surface area contributed by atoms with E-state index in [1.165, 1.54) is 44.3 Å². The molecule has 1 aliphatic rings. The molecule has 138 valence electrons. The second-order valence-electron chi connectivity index (χ2n) is 6.72. The number of hydrogen-bond acceptors (Lipinski definition) is 4. The quantitative estimate of drug-likeness (QED) is 0.273. The molecule has 0 spiro atoms. The third kappa shape index (κ3) is 14.3. The SMILES string of the molecule is CCCCCCCCCS(=O)(=O)CCCCCCSCC1CO1. The molecule has 0 bridgehead atoms. The lowest BCUT2D eigenvalue weighted by molar-refractivity contribution is 0.426. The minimum absolute atomic E-state index is 0.395. The summed E-state index contributed by atoms with van der Waals surface area (Å²) in [6, 6.07) is 0. The van der Waals surface area contributed by atoms with E-state index in [1.54, 1.807) is 0 Å². The van der Waals surface area contributed by atoms with Crippen LogP contribution in [0.15, 0.2) is 0 Å². The third-order valence-corrected chi connectivity index (χ3v) is 7.27. The van der Waals surface area contributed by atoms with Gasteiger partial charge in [-0.1, -0.05) is 58.3 Å². The highest BCUT2D eigenvalue weighted by molar-refractivity contribution is 7.99. The van der Waals surface area contributed by atoms with Crippen molar-refractivity contribution in [3.05, 3.63) is 0 Å². The van der Waals surface area contributed by atoms with Crippen molar-refractivity contribution in [2.45, 2.75) is 83.7 Å². The summed E-state index contributed by atoms with van der Waals surface area (Å²) in [6.45, 7) is 3.16. The van der Waals surface area contributed by atoms with Gasteiger partial charge in [-0.25, -0.2) is 8.42 Å². The molecule has 1 fully saturated rings. The summed E-state index contributed by atoms with van der Waals surface area (Å²) >= 11 is 1.96. The molecule has 23 heavy (non-hydrogen) atoms. The van der Waals surface area contributed by atoms with E-state index in [2.05, 4.69) is 6.92 Å². The highest BCUT2D eigenvalue weighted by Gasteiger charge is 2.21. The van der Waals surface area contributed by atoms with Crippen LogP contribution in [-0.2, 0) is 14.6 Å². The van der Waals surface area contributed by atoms with Crippen molar-refractivity contribution >= 4 is 21.6 Å². The lowest BCUT2D eigenvalue weighted by atomic mass is 10.1. The molecular formula is C18H36O3S2. The summed E-state index contributed by atoms with van der Waals surface area (Å²) in [7, 11) is -2.80. The van der Waals surface area contributed by atoms with Gasteiger partial charge in [-0.05, 0) is 25.0 Å². The van der Waals surface area contributed by atoms with Gasteiger partial charge in [0.25, 0.3) is 0 Å². The predicted octanol–water partition coefficient (Wildman–Crippen LogP) is 4.84. The zero-order valence-electron chi connectivity index (χ0n) is 14.9. The van der Waals surface area contributed by atoms with Gasteiger partial charge in [-0.15, -0.1) is 0 Å². The first-order valence-electron chi connectivity index (χ1n) is 9.54. The summed E-state index contributed by atoms with van der Waals surface area (Å²) < 4.78 is 29.1. The maximum atomic E-state index is 12.0. The van der Waals surface area contributed by atoms with Crippen LogP contribution in [0.2, 0.25) is 0 Å². The Labute approximate surface area is 148 Å². The van der Waals surface area contributed by atoms with E-state index in [9.17, 15) is 8.42 Å². The number of hydrogen-bond donors (Lipinski definition) is 0. The molecule has 0 amide bonds. The standard InChI is InChI=1S/C18H36O3S2/c1-2-3-4-5-6-8-11-14-23(19,20)15-12-9-7-10-13-22-17-18-16-21-18/h18H,2-17H2,1H3. The van der Waals surface area contributed by atoms with Crippen molar-refractivity contribution in [2.75, 3.05) is 29.6 Å². The number of unbranched alkanes of at least 4 members (excludes halogenated alkanes) is 9. The molecule has 5 heteroatoms. The van der Waals surface area contributed by atoms with Gasteiger partial charge in [0.2, 0.25) is 0 Å². The van der Waals surface area contributed by atoms with E-state index >= 15 is 0 Å². The molecule has 0 saturated carbocycles. The summed E-state index contributed by atoms with van der Waals surface area (Å²) in [5, 5.41) is 0. The highest BCUT2D eigenvalue weighted by atomic mass is 32.2. The molecular weight excluding hydrogens is 328 g/mol. The van der Waals surface area contributed by atoms with E-state index in [-0.39, 0.29) is 0 Å². The Morgan fingerprint density at radius 1 is 0.870 bits per heavy atom. The molecule has 1 atom stereocenters. The maximum Gasteiger partial charge on any atom is 0.150 e. The molecule has 0 N–H and O–H groups in total. The molecule has 1 saturated heterocycles. The first-order chi connectivity index (χ1) is 11.1. The Kier molecular flexibility index (Phi) is 12.5. The number of epoxide rings is 1. The molecule has 1 aliphatic heterocycles. The minimum Gasteiger partial charge on any atom is -0.372 e. The van der Waals surface area contributed by atoms with Crippen molar-refractivity contribution < 1.29 is 13.2 Å². The third-order valence-electron chi connectivity index (χ3n) is 4.26. The zero-order chi connectivity index (χ0) is 16.8. The summed E-state index contributed by atoms with van der Waals surface area (Å²) in [4.78, 5) is 0. The van der Waals surface area contributed by atoms with E-state index < -0.39 is 9.84 Å². The van der Waals surface area contributed by atoms with Crippen molar-refractivity contribution in [3.63, 3.8) is 0 Å². The van der Waals surface area contributed by atoms with Gasteiger partial charge in [-0.3, -0.25) is 0 Å². The van der Waals surface area contributed by atoms with Crippen LogP contribution in [0.1, 0.15) is 77.6 Å². The largest absolute Gasteiger partial charge is 0.372 e. The number of thioether (sulfide) groups is 1. The summed E-state index contributed by atoms with van der Waals surface area (Å²) in [5.41, 5.74) is 0. The van der Waals surface area contributed by atoms with E-state index in [4.69, 9.17) is 4.74 Å². The van der Waals surface area contributed by atoms with Crippen LogP contribution in [-0.4, -0.2) is 44.1 Å². The fraction of sp³-hybridized carbons (Fsp3) is 1.00. The van der Waals surface area contributed by atoms with Crippen LogP contribution < -0.4 is 0 Å². The minimum atomic E-state index is -2.80. The molecule has 3 nitrogen and oxygen atoms in total. The fourth-order valence-electron chi connectivity index (χ4n) is 2.64. The first kappa shape index (κ1) is 21.3. The number of rotatable bonds is 17. The van der Waals surface area contributed by atoms with Gasteiger partial charge in [-0.2, -0.15) is 11.8 Å². The fourth-order valence-corrected chi connectivity index (χ4v) is 5.16. The predicted molar refractivity (Wildman–Crippen MR) is 102 cm³/mol. The van der Waals surface area contributed by atoms with E-state index in [0.717, 1.165) is 44.5 Å². The van der Waals surface area contributed by atoms with E-state index in [1.807, 2.05) is 11.8 Å². The molecule has 1 heterocycles. The normalized spacial score (nSPS) is 17.5. The summed E-state index contributed by atoms with van der Waals surface area (Å²) in [5.74, 6) is 3.11. The Morgan fingerprint density at radius 3 is 1.96 bits per heavy atom. The Balaban J connectivity index is 1.83. The Hall–Kier alpha value is 0.260. The summed E-state index contributed by atoms with van der Waals surface area (Å²) in [6.07, 6.45) is 13.0. The zero-order valence-corrected chi connectivity index (χ0v) is 16.6. The molecule has 0 radical (unpaired) electrons. The maximum absolute atomic E-state index is 12.0. The average Bonchev–Trinajstić information content (AvgIpc) is 3.33. The smallest absolute Gasteiger partial charge is 0.150 e. The van der Waals surface area contributed by atoms with Crippen LogP contribution in [0, 0.1) is 0 Å². The first-order valence-corrected chi connectivity index (χ1v) is 12.5. The molecule has 0 aromatic rings. The lowest BCUT2D eigenvalue weighted by Crippen LogP contribution is -2.11. The van der Waals surface area contributed by atoms with Gasteiger partial charge >= 0.3 is 0 Å². The van der Waals surface area contributed by atoms with Crippen molar-refractivity contribution in [3.8, 4) is 0 Å². The Morgan fingerprint density at radius 2 is 1.39 bits per heavy atom. The second kappa shape index (κ2) is 13.5. The van der Waals surface area contributed by atoms with Gasteiger partial charge in [0.1, 0.15) is 9.84 Å². The highest BCUT2D eigenvalue weighted by Crippen LogP contribution is 2.17. The van der Waals surface area contributed by atoms with Crippen molar-refractivity contribution in [1.82, 2.24) is 0 Å². The lowest BCUT2D eigenvalue weighted by Gasteiger charge is -2.05. The van der Waals surface area contributed by atoms with Crippen LogP contribution in [0.25, 0.3) is 0 Å². The molecule has 0 aliphatic carbocycles. The number of ether oxygens (including phenoxy) is 1. The average molecular weight is 365 g/mol. The monoisotopic (exact) mass is 364 g/mol. The van der Waals surface area contributed by atoms with Crippen LogP contribution in [0.5, 0.6) is 0 Å². The van der Waals surface area contributed by atoms with Crippen LogP contribution in [0.4, 0.5) is 0 Å². The topological polar surface area (TPSA) is 46.7 Å². The van der Waals surface area contributed by atoms with Crippen LogP contribution >= 0.6 is 11.8 Å².